The quantitative estimate of drug-likeness (QED) is 0.671. The lowest BCUT2D eigenvalue weighted by atomic mass is 10.1. The molecule has 7 nitrogen and oxygen atoms in total. The highest BCUT2D eigenvalue weighted by Gasteiger charge is 2.15. The van der Waals surface area contributed by atoms with E-state index in [-0.39, 0.29) is 24.6 Å². The summed E-state index contributed by atoms with van der Waals surface area (Å²) in [6, 6.07) is 8.34. The standard InChI is InChI=1S/C16H13FN2O5/c17-12-4-3-11(19(21)22)8-13(12)18-16(20)6-2-10-1-5-14-15(7-10)24-9-23-14/h1,3-5,7-8H,2,6,9H2,(H,18,20). The molecule has 0 radical (unpaired) electrons. The summed E-state index contributed by atoms with van der Waals surface area (Å²) in [6.45, 7) is 0.172. The number of nitrogens with one attached hydrogen (secondary N) is 1. The van der Waals surface area contributed by atoms with Crippen LogP contribution in [0, 0.1) is 15.9 Å². The number of anilines is 1. The zero-order chi connectivity index (χ0) is 17.1. The molecule has 0 aliphatic carbocycles. The number of non-ortho nitro benzene ring substituents is 1. The van der Waals surface area contributed by atoms with Gasteiger partial charge in [-0.05, 0) is 30.2 Å². The summed E-state index contributed by atoms with van der Waals surface area (Å²) >= 11 is 0. The van der Waals surface area contributed by atoms with Crippen molar-refractivity contribution in [3.63, 3.8) is 0 Å². The Morgan fingerprint density at radius 3 is 2.79 bits per heavy atom. The van der Waals surface area contributed by atoms with Crippen molar-refractivity contribution in [1.29, 1.82) is 0 Å². The molecule has 2 aromatic rings. The fourth-order valence-corrected chi connectivity index (χ4v) is 2.29. The van der Waals surface area contributed by atoms with Gasteiger partial charge in [0.25, 0.3) is 5.69 Å². The van der Waals surface area contributed by atoms with Gasteiger partial charge in [0.2, 0.25) is 12.7 Å². The molecule has 3 rings (SSSR count). The molecule has 0 spiro atoms. The van der Waals surface area contributed by atoms with Crippen molar-refractivity contribution in [1.82, 2.24) is 0 Å². The zero-order valence-electron chi connectivity index (χ0n) is 12.5. The molecule has 2 aromatic carbocycles. The molecular formula is C16H13FN2O5. The lowest BCUT2D eigenvalue weighted by molar-refractivity contribution is -0.384. The minimum atomic E-state index is -0.725. The van der Waals surface area contributed by atoms with E-state index in [1.165, 1.54) is 0 Å². The van der Waals surface area contributed by atoms with Gasteiger partial charge in [-0.25, -0.2) is 4.39 Å². The van der Waals surface area contributed by atoms with Crippen LogP contribution in [0.15, 0.2) is 36.4 Å². The molecule has 0 atom stereocenters. The third-order valence-electron chi connectivity index (χ3n) is 3.51. The van der Waals surface area contributed by atoms with Crippen molar-refractivity contribution in [3.05, 3.63) is 57.9 Å². The minimum Gasteiger partial charge on any atom is -0.454 e. The Morgan fingerprint density at radius 1 is 1.21 bits per heavy atom. The number of benzene rings is 2. The predicted octanol–water partition coefficient (Wildman–Crippen LogP) is 3.03. The van der Waals surface area contributed by atoms with Crippen molar-refractivity contribution in [2.75, 3.05) is 12.1 Å². The van der Waals surface area contributed by atoms with Crippen molar-refractivity contribution < 1.29 is 23.6 Å². The van der Waals surface area contributed by atoms with Crippen LogP contribution in [-0.4, -0.2) is 17.6 Å². The van der Waals surface area contributed by atoms with E-state index >= 15 is 0 Å². The number of rotatable bonds is 5. The second kappa shape index (κ2) is 6.53. The molecule has 124 valence electrons. The first-order chi connectivity index (χ1) is 11.5. The van der Waals surface area contributed by atoms with Crippen LogP contribution in [0.5, 0.6) is 11.5 Å². The van der Waals surface area contributed by atoms with Gasteiger partial charge in [0.15, 0.2) is 11.5 Å². The normalized spacial score (nSPS) is 12.0. The second-order valence-corrected chi connectivity index (χ2v) is 5.16. The molecule has 0 aromatic heterocycles. The summed E-state index contributed by atoms with van der Waals surface area (Å²) in [4.78, 5) is 22.0. The van der Waals surface area contributed by atoms with E-state index in [1.54, 1.807) is 12.1 Å². The number of halogens is 1. The Labute approximate surface area is 136 Å². The first-order valence-corrected chi connectivity index (χ1v) is 7.15. The Hall–Kier alpha value is -3.16. The van der Waals surface area contributed by atoms with Gasteiger partial charge in [-0.15, -0.1) is 0 Å². The van der Waals surface area contributed by atoms with E-state index in [9.17, 15) is 19.3 Å². The van der Waals surface area contributed by atoms with E-state index in [0.717, 1.165) is 23.8 Å². The van der Waals surface area contributed by atoms with E-state index in [1.807, 2.05) is 6.07 Å². The number of hydrogen-bond acceptors (Lipinski definition) is 5. The molecule has 1 heterocycles. The number of nitro benzene ring substituents is 1. The van der Waals surface area contributed by atoms with Crippen LogP contribution < -0.4 is 14.8 Å². The molecular weight excluding hydrogens is 319 g/mol. The van der Waals surface area contributed by atoms with Crippen LogP contribution in [0.3, 0.4) is 0 Å². The maximum Gasteiger partial charge on any atom is 0.271 e. The SMILES string of the molecule is O=C(CCc1ccc2c(c1)OCO2)Nc1cc([N+](=O)[O-])ccc1F. The van der Waals surface area contributed by atoms with Gasteiger partial charge in [-0.3, -0.25) is 14.9 Å². The average Bonchev–Trinajstić information content (AvgIpc) is 3.02. The topological polar surface area (TPSA) is 90.7 Å². The summed E-state index contributed by atoms with van der Waals surface area (Å²) in [7, 11) is 0. The molecule has 8 heteroatoms. The van der Waals surface area contributed by atoms with Crippen LogP contribution in [0.25, 0.3) is 0 Å². The van der Waals surface area contributed by atoms with Crippen molar-refractivity contribution in [2.24, 2.45) is 0 Å². The van der Waals surface area contributed by atoms with Gasteiger partial charge in [-0.1, -0.05) is 6.07 Å². The lowest BCUT2D eigenvalue weighted by Crippen LogP contribution is -2.13. The van der Waals surface area contributed by atoms with Crippen molar-refractivity contribution in [3.8, 4) is 11.5 Å². The van der Waals surface area contributed by atoms with Crippen LogP contribution >= 0.6 is 0 Å². The number of ether oxygens (including phenoxy) is 2. The molecule has 0 saturated heterocycles. The first-order valence-electron chi connectivity index (χ1n) is 7.15. The summed E-state index contributed by atoms with van der Waals surface area (Å²) < 4.78 is 24.1. The van der Waals surface area contributed by atoms with Gasteiger partial charge in [0.05, 0.1) is 10.6 Å². The molecule has 0 unspecified atom stereocenters. The maximum absolute atomic E-state index is 13.6. The maximum atomic E-state index is 13.6. The molecule has 1 amide bonds. The number of aryl methyl sites for hydroxylation is 1. The Balaban J connectivity index is 1.62. The van der Waals surface area contributed by atoms with Gasteiger partial charge < -0.3 is 14.8 Å². The van der Waals surface area contributed by atoms with Gasteiger partial charge in [-0.2, -0.15) is 0 Å². The van der Waals surface area contributed by atoms with Crippen LogP contribution in [-0.2, 0) is 11.2 Å². The fourth-order valence-electron chi connectivity index (χ4n) is 2.29. The number of fused-ring (bicyclic) bond motifs is 1. The first kappa shape index (κ1) is 15.7. The molecule has 0 bridgehead atoms. The third-order valence-corrected chi connectivity index (χ3v) is 3.51. The number of nitro groups is 1. The van der Waals surface area contributed by atoms with Crippen molar-refractivity contribution >= 4 is 17.3 Å². The highest BCUT2D eigenvalue weighted by atomic mass is 19.1. The summed E-state index contributed by atoms with van der Waals surface area (Å²) in [5.41, 5.74) is 0.372. The zero-order valence-corrected chi connectivity index (χ0v) is 12.5. The van der Waals surface area contributed by atoms with Crippen molar-refractivity contribution in [2.45, 2.75) is 12.8 Å². The molecule has 0 fully saturated rings. The molecule has 24 heavy (non-hydrogen) atoms. The summed E-state index contributed by atoms with van der Waals surface area (Å²) in [5.74, 6) is 0.114. The van der Waals surface area contributed by atoms with Crippen LogP contribution in [0.1, 0.15) is 12.0 Å². The monoisotopic (exact) mass is 332 g/mol. The number of amides is 1. The van der Waals surface area contributed by atoms with E-state index < -0.39 is 16.6 Å². The molecule has 0 saturated carbocycles. The highest BCUT2D eigenvalue weighted by molar-refractivity contribution is 5.91. The number of carbonyl (C=O) groups is 1. The molecule has 1 N–H and O–H groups in total. The third kappa shape index (κ3) is 3.43. The second-order valence-electron chi connectivity index (χ2n) is 5.16. The van der Waals surface area contributed by atoms with E-state index in [0.29, 0.717) is 17.9 Å². The largest absolute Gasteiger partial charge is 0.454 e. The summed E-state index contributed by atoms with van der Waals surface area (Å²) in [5, 5.41) is 13.1. The van der Waals surface area contributed by atoms with Gasteiger partial charge in [0.1, 0.15) is 5.82 Å². The molecule has 1 aliphatic heterocycles. The Morgan fingerprint density at radius 2 is 2.00 bits per heavy atom. The van der Waals surface area contributed by atoms with Crippen LogP contribution in [0.2, 0.25) is 0 Å². The van der Waals surface area contributed by atoms with E-state index in [4.69, 9.17) is 9.47 Å². The van der Waals surface area contributed by atoms with E-state index in [2.05, 4.69) is 5.32 Å². The smallest absolute Gasteiger partial charge is 0.271 e. The van der Waals surface area contributed by atoms with Gasteiger partial charge in [0, 0.05) is 18.6 Å². The fraction of sp³-hybridized carbons (Fsp3) is 0.188. The lowest BCUT2D eigenvalue weighted by Gasteiger charge is -2.07. The molecule has 1 aliphatic rings. The minimum absolute atomic E-state index is 0.0990. The van der Waals surface area contributed by atoms with Gasteiger partial charge >= 0.3 is 0 Å². The number of hydrogen-bond donors (Lipinski definition) is 1. The Bertz CT molecular complexity index is 809. The highest BCUT2D eigenvalue weighted by Crippen LogP contribution is 2.32. The predicted molar refractivity (Wildman–Crippen MR) is 82.6 cm³/mol. The number of nitrogens with zero attached hydrogens (tertiary/aromatic N) is 1. The number of carbonyl (C=O) groups excluding carboxylic acids is 1. The Kier molecular flexibility index (Phi) is 4.28. The average molecular weight is 332 g/mol. The van der Waals surface area contributed by atoms with Crippen LogP contribution in [0.4, 0.5) is 15.8 Å². The summed E-state index contributed by atoms with van der Waals surface area (Å²) in [6.07, 6.45) is 0.515.